The number of sulfonamides is 2. The van der Waals surface area contributed by atoms with E-state index in [-0.39, 0.29) is 9.79 Å². The topological polar surface area (TPSA) is 137 Å². The summed E-state index contributed by atoms with van der Waals surface area (Å²) in [5.41, 5.74) is 0.920. The van der Waals surface area contributed by atoms with Crippen LogP contribution in [0.3, 0.4) is 0 Å². The number of nitrogens with zero attached hydrogens (tertiary/aromatic N) is 3. The maximum Gasteiger partial charge on any atom is 0.390 e. The summed E-state index contributed by atoms with van der Waals surface area (Å²) in [6, 6.07) is 11.0. The van der Waals surface area contributed by atoms with Crippen LogP contribution in [0, 0.1) is 5.82 Å². The Kier molecular flexibility index (Phi) is 9.07. The van der Waals surface area contributed by atoms with Crippen molar-refractivity contribution in [3.05, 3.63) is 54.3 Å². The molecule has 202 valence electrons. The summed E-state index contributed by atoms with van der Waals surface area (Å²) >= 11 is 0. The molecule has 0 aliphatic carbocycles. The van der Waals surface area contributed by atoms with Crippen molar-refractivity contribution in [2.75, 3.05) is 45.3 Å². The normalized spacial score (nSPS) is 16.9. The van der Waals surface area contributed by atoms with E-state index in [0.717, 1.165) is 38.4 Å². The highest BCUT2D eigenvalue weighted by Gasteiger charge is 2.48. The summed E-state index contributed by atoms with van der Waals surface area (Å²) < 4.78 is 73.4. The van der Waals surface area contributed by atoms with E-state index in [4.69, 9.17) is 14.5 Å². The minimum absolute atomic E-state index is 0.0488. The lowest BCUT2D eigenvalue weighted by molar-refractivity contribution is -0.172. The van der Waals surface area contributed by atoms with Crippen molar-refractivity contribution in [3.63, 3.8) is 0 Å². The number of hydrogen-bond acceptors (Lipinski definition) is 9. The molecule has 0 amide bonds. The zero-order valence-electron chi connectivity index (χ0n) is 21.0. The van der Waals surface area contributed by atoms with Gasteiger partial charge in [-0.3, -0.25) is 0 Å². The van der Waals surface area contributed by atoms with Crippen molar-refractivity contribution in [2.45, 2.75) is 29.2 Å². The smallest absolute Gasteiger partial charge is 0.390 e. The van der Waals surface area contributed by atoms with Crippen LogP contribution in [0.2, 0.25) is 13.6 Å². The molecule has 2 aromatic rings. The van der Waals surface area contributed by atoms with Crippen LogP contribution in [0.5, 0.6) is 0 Å². The zero-order valence-corrected chi connectivity index (χ0v) is 22.6. The molecule has 2 fully saturated rings. The van der Waals surface area contributed by atoms with E-state index in [0.29, 0.717) is 26.3 Å². The second-order valence-electron chi connectivity index (χ2n) is 8.72. The first-order valence-corrected chi connectivity index (χ1v) is 14.3. The molecule has 0 aromatic heterocycles. The van der Waals surface area contributed by atoms with Gasteiger partial charge in [0.2, 0.25) is 25.8 Å². The zero-order chi connectivity index (χ0) is 27.6. The van der Waals surface area contributed by atoms with Gasteiger partial charge in [-0.15, -0.1) is 0 Å². The molecule has 2 aliphatic heterocycles. The summed E-state index contributed by atoms with van der Waals surface area (Å²) in [6.45, 7) is 5.28. The Labute approximate surface area is 217 Å². The standard InChI is InChI=1S/C13H19BN2O5S.C8H11BFNO3S/c1-14(17)15(2)22(18,19)12-5-3-11(4-6-12)16-9-13(10-16)20-7-8-21-13;1-9(12)11(2)15(13,14)8-5-3-7(10)4-6-8/h3-6,17H,7-10H2,1-2H3;3-6,12H,1-2H3. The van der Waals surface area contributed by atoms with Crippen LogP contribution in [0.1, 0.15) is 0 Å². The van der Waals surface area contributed by atoms with Gasteiger partial charge in [-0.2, -0.15) is 0 Å². The molecule has 2 aromatic carbocycles. The third-order valence-electron chi connectivity index (χ3n) is 6.10. The summed E-state index contributed by atoms with van der Waals surface area (Å²) in [6.07, 6.45) is 0. The average Bonchev–Trinajstić information content (AvgIpc) is 3.33. The molecule has 0 bridgehead atoms. The van der Waals surface area contributed by atoms with Crippen LogP contribution in [0.4, 0.5) is 10.1 Å². The van der Waals surface area contributed by atoms with Gasteiger partial charge in [0.05, 0.1) is 36.1 Å². The van der Waals surface area contributed by atoms with Gasteiger partial charge in [0.25, 0.3) is 0 Å². The Morgan fingerprint density at radius 3 is 1.57 bits per heavy atom. The summed E-state index contributed by atoms with van der Waals surface area (Å²) in [5.74, 6) is -0.981. The van der Waals surface area contributed by atoms with Gasteiger partial charge in [0.1, 0.15) is 5.82 Å². The molecule has 0 radical (unpaired) electrons. The van der Waals surface area contributed by atoms with Crippen LogP contribution < -0.4 is 4.90 Å². The van der Waals surface area contributed by atoms with E-state index in [1.807, 2.05) is 0 Å². The number of rotatable bonds is 7. The lowest BCUT2D eigenvalue weighted by Gasteiger charge is -2.47. The molecule has 0 unspecified atom stereocenters. The lowest BCUT2D eigenvalue weighted by Crippen LogP contribution is -2.62. The molecule has 2 saturated heterocycles. The molecule has 11 nitrogen and oxygen atoms in total. The van der Waals surface area contributed by atoms with Crippen molar-refractivity contribution >= 4 is 39.8 Å². The van der Waals surface area contributed by atoms with Crippen molar-refractivity contribution in [1.82, 2.24) is 8.43 Å². The molecule has 37 heavy (non-hydrogen) atoms. The number of hydrogen-bond donors (Lipinski definition) is 2. The Hall–Kier alpha value is -2.04. The molecule has 0 atom stereocenters. The minimum atomic E-state index is -3.74. The van der Waals surface area contributed by atoms with Crippen LogP contribution in [-0.2, 0) is 29.5 Å². The largest absolute Gasteiger partial charge is 0.437 e. The Balaban J connectivity index is 0.000000222. The van der Waals surface area contributed by atoms with E-state index in [1.54, 1.807) is 24.3 Å². The monoisotopic (exact) mass is 557 g/mol. The predicted molar refractivity (Wildman–Crippen MR) is 137 cm³/mol. The molecule has 0 saturated carbocycles. The number of ether oxygens (including phenoxy) is 2. The summed E-state index contributed by atoms with van der Waals surface area (Å²) in [7, 11) is -7.01. The van der Waals surface area contributed by atoms with Crippen molar-refractivity contribution in [2.24, 2.45) is 0 Å². The first-order chi connectivity index (χ1) is 17.2. The van der Waals surface area contributed by atoms with E-state index < -0.39 is 45.8 Å². The average molecular weight is 557 g/mol. The van der Waals surface area contributed by atoms with E-state index in [9.17, 15) is 26.3 Å². The first kappa shape index (κ1) is 29.5. The molecule has 2 N–H and O–H groups in total. The third-order valence-corrected chi connectivity index (χ3v) is 9.96. The second-order valence-corrected chi connectivity index (χ2v) is 12.7. The van der Waals surface area contributed by atoms with Gasteiger partial charge in [-0.05, 0) is 76.3 Å². The number of benzene rings is 2. The van der Waals surface area contributed by atoms with Gasteiger partial charge in [0, 0.05) is 5.69 Å². The fourth-order valence-electron chi connectivity index (χ4n) is 3.57. The number of halogens is 1. The summed E-state index contributed by atoms with van der Waals surface area (Å²) in [4.78, 5) is 2.18. The maximum atomic E-state index is 12.6. The van der Waals surface area contributed by atoms with Gasteiger partial charge >= 0.3 is 14.1 Å². The van der Waals surface area contributed by atoms with Crippen LogP contribution >= 0.6 is 0 Å². The third kappa shape index (κ3) is 6.52. The summed E-state index contributed by atoms with van der Waals surface area (Å²) in [5, 5.41) is 18.6. The Bertz CT molecular complexity index is 1270. The van der Waals surface area contributed by atoms with Crippen molar-refractivity contribution in [1.29, 1.82) is 0 Å². The second kappa shape index (κ2) is 11.4. The maximum absolute atomic E-state index is 12.6. The SMILES string of the molecule is CB(O)N(C)S(=O)(=O)c1ccc(F)cc1.CB(O)N(C)S(=O)(=O)c1ccc(N2CC3(C2)OCCO3)cc1. The molecular weight excluding hydrogens is 527 g/mol. The molecule has 4 rings (SSSR count). The fourth-order valence-corrected chi connectivity index (χ4v) is 6.00. The van der Waals surface area contributed by atoms with Gasteiger partial charge in [-0.1, -0.05) is 0 Å². The highest BCUT2D eigenvalue weighted by atomic mass is 32.2. The van der Waals surface area contributed by atoms with E-state index >= 15 is 0 Å². The molecule has 1 spiro atoms. The Morgan fingerprint density at radius 2 is 1.19 bits per heavy atom. The van der Waals surface area contributed by atoms with Gasteiger partial charge in [0.15, 0.2) is 0 Å². The molecular formula is C21H30B2FN3O8S2. The van der Waals surface area contributed by atoms with E-state index in [1.165, 1.54) is 27.7 Å². The molecule has 2 aliphatic rings. The van der Waals surface area contributed by atoms with Crippen molar-refractivity contribution < 1.29 is 40.7 Å². The molecule has 2 heterocycles. The Morgan fingerprint density at radius 1 is 0.811 bits per heavy atom. The highest BCUT2D eigenvalue weighted by Crippen LogP contribution is 2.34. The first-order valence-electron chi connectivity index (χ1n) is 11.4. The van der Waals surface area contributed by atoms with E-state index in [2.05, 4.69) is 4.90 Å². The fraction of sp³-hybridized carbons (Fsp3) is 0.429. The molecule has 16 heteroatoms. The number of anilines is 1. The predicted octanol–water partition coefficient (Wildman–Crippen LogP) is 0.537. The minimum Gasteiger partial charge on any atom is -0.437 e. The van der Waals surface area contributed by atoms with Crippen LogP contribution in [-0.4, -0.2) is 95.6 Å². The van der Waals surface area contributed by atoms with Crippen LogP contribution in [0.25, 0.3) is 0 Å². The van der Waals surface area contributed by atoms with Crippen LogP contribution in [0.15, 0.2) is 58.3 Å². The highest BCUT2D eigenvalue weighted by molar-refractivity contribution is 7.90. The lowest BCUT2D eigenvalue weighted by atomic mass is 9.90. The van der Waals surface area contributed by atoms with Gasteiger partial charge in [-0.25, -0.2) is 29.7 Å². The van der Waals surface area contributed by atoms with Crippen molar-refractivity contribution in [3.8, 4) is 0 Å². The quantitative estimate of drug-likeness (QED) is 0.468. The van der Waals surface area contributed by atoms with Gasteiger partial charge < -0.3 is 24.4 Å².